The molecular weight excluding hydrogens is 525 g/mol. The normalized spacial score (nSPS) is 10.7. The Bertz CT molecular complexity index is 954. The Kier molecular flexibility index (Phi) is 7.61. The molecule has 0 unspecified atom stereocenters. The number of amides is 1. The van der Waals surface area contributed by atoms with E-state index in [1.807, 2.05) is 0 Å². The Morgan fingerprint density at radius 3 is 2.75 bits per heavy atom. The lowest BCUT2D eigenvalue weighted by Crippen LogP contribution is -2.24. The summed E-state index contributed by atoms with van der Waals surface area (Å²) in [4.78, 5) is 22.0. The number of rotatable bonds is 7. The van der Waals surface area contributed by atoms with Crippen molar-refractivity contribution in [2.24, 2.45) is 5.10 Å². The zero-order valence-electron chi connectivity index (χ0n) is 14.1. The van der Waals surface area contributed by atoms with Gasteiger partial charge in [0.1, 0.15) is 0 Å². The first kappa shape index (κ1) is 21.9. The molecule has 0 atom stereocenters. The van der Waals surface area contributed by atoms with Gasteiger partial charge in [0.2, 0.25) is 5.75 Å². The fourth-order valence-corrected chi connectivity index (χ4v) is 3.54. The molecule has 0 aromatic heterocycles. The van der Waals surface area contributed by atoms with Gasteiger partial charge in [0, 0.05) is 21.1 Å². The molecule has 0 saturated heterocycles. The van der Waals surface area contributed by atoms with Gasteiger partial charge in [-0.3, -0.25) is 14.9 Å². The summed E-state index contributed by atoms with van der Waals surface area (Å²) in [5.41, 5.74) is 1.58. The number of halogens is 3. The molecule has 0 fully saturated rings. The van der Waals surface area contributed by atoms with Crippen molar-refractivity contribution in [1.82, 2.24) is 5.43 Å². The fraction of sp³-hybridized carbons (Fsp3) is 0.125. The van der Waals surface area contributed by atoms with Gasteiger partial charge < -0.3 is 14.6 Å². The van der Waals surface area contributed by atoms with E-state index in [2.05, 4.69) is 42.4 Å². The number of carbonyl (C=O) groups is 1. The molecule has 0 radical (unpaired) electrons. The number of benzene rings is 2. The van der Waals surface area contributed by atoms with Crippen molar-refractivity contribution < 1.29 is 24.3 Å². The molecule has 9 nitrogen and oxygen atoms in total. The topological polar surface area (TPSA) is 123 Å². The standard InChI is InChI=1S/C16H12Br2ClN3O6/c1-27-13-4-9(17)3-11(18)16(13)28-7-14(23)21-20-6-8-2-10(19)5-12(15(8)24)22(25)26/h2-6,24H,7H2,1H3,(H,21,23). The monoisotopic (exact) mass is 535 g/mol. The van der Waals surface area contributed by atoms with E-state index in [1.54, 1.807) is 12.1 Å². The van der Waals surface area contributed by atoms with Crippen molar-refractivity contribution in [1.29, 1.82) is 0 Å². The molecule has 0 spiro atoms. The molecule has 2 aromatic carbocycles. The summed E-state index contributed by atoms with van der Waals surface area (Å²) in [7, 11) is 1.46. The lowest BCUT2D eigenvalue weighted by molar-refractivity contribution is -0.385. The molecule has 2 rings (SSSR count). The summed E-state index contributed by atoms with van der Waals surface area (Å²) < 4.78 is 12.0. The molecule has 2 aromatic rings. The minimum Gasteiger partial charge on any atom is -0.502 e. The largest absolute Gasteiger partial charge is 0.502 e. The number of hydrazone groups is 1. The number of hydrogen-bond donors (Lipinski definition) is 2. The number of nitro groups is 1. The van der Waals surface area contributed by atoms with Crippen molar-refractivity contribution in [2.75, 3.05) is 13.7 Å². The number of nitro benzene ring substituents is 1. The Morgan fingerprint density at radius 2 is 2.11 bits per heavy atom. The van der Waals surface area contributed by atoms with Gasteiger partial charge in [-0.05, 0) is 34.1 Å². The molecular formula is C16H12Br2ClN3O6. The molecule has 0 heterocycles. The Balaban J connectivity index is 2.03. The van der Waals surface area contributed by atoms with Crippen LogP contribution in [-0.2, 0) is 4.79 Å². The highest BCUT2D eigenvalue weighted by Gasteiger charge is 2.18. The minimum atomic E-state index is -0.783. The third-order valence-corrected chi connectivity index (χ3v) is 4.48. The SMILES string of the molecule is COc1cc(Br)cc(Br)c1OCC(=O)NN=Cc1cc(Cl)cc([N+](=O)[O-])c1O. The summed E-state index contributed by atoms with van der Waals surface area (Å²) >= 11 is 12.4. The van der Waals surface area contributed by atoms with Crippen LogP contribution in [0.5, 0.6) is 17.2 Å². The number of phenolic OH excluding ortho intramolecular Hbond substituents is 1. The van der Waals surface area contributed by atoms with Crippen LogP contribution >= 0.6 is 43.5 Å². The van der Waals surface area contributed by atoms with E-state index in [0.717, 1.165) is 16.8 Å². The van der Waals surface area contributed by atoms with Gasteiger partial charge in [0.25, 0.3) is 5.91 Å². The van der Waals surface area contributed by atoms with Crippen LogP contribution < -0.4 is 14.9 Å². The highest BCUT2D eigenvalue weighted by molar-refractivity contribution is 9.11. The molecule has 28 heavy (non-hydrogen) atoms. The van der Waals surface area contributed by atoms with Crippen molar-refractivity contribution in [3.8, 4) is 17.2 Å². The number of phenols is 1. The lowest BCUT2D eigenvalue weighted by atomic mass is 10.2. The van der Waals surface area contributed by atoms with Gasteiger partial charge in [-0.2, -0.15) is 5.10 Å². The van der Waals surface area contributed by atoms with Gasteiger partial charge in [-0.25, -0.2) is 5.43 Å². The average molecular weight is 538 g/mol. The fourth-order valence-electron chi connectivity index (χ4n) is 2.02. The van der Waals surface area contributed by atoms with Crippen LogP contribution in [-0.4, -0.2) is 35.9 Å². The van der Waals surface area contributed by atoms with Crippen LogP contribution in [0.25, 0.3) is 0 Å². The summed E-state index contributed by atoms with van der Waals surface area (Å²) in [6.07, 6.45) is 1.03. The van der Waals surface area contributed by atoms with E-state index >= 15 is 0 Å². The number of hydrogen-bond acceptors (Lipinski definition) is 7. The highest BCUT2D eigenvalue weighted by atomic mass is 79.9. The number of methoxy groups -OCH3 is 1. The number of nitrogens with zero attached hydrogens (tertiary/aromatic N) is 2. The van der Waals surface area contributed by atoms with Crippen LogP contribution in [0, 0.1) is 10.1 Å². The van der Waals surface area contributed by atoms with Crippen LogP contribution in [0.2, 0.25) is 5.02 Å². The summed E-state index contributed by atoms with van der Waals surface area (Å²) in [6, 6.07) is 5.66. The van der Waals surface area contributed by atoms with Crippen LogP contribution in [0.4, 0.5) is 5.69 Å². The van der Waals surface area contributed by atoms with E-state index < -0.39 is 22.3 Å². The van der Waals surface area contributed by atoms with Crippen molar-refractivity contribution in [2.45, 2.75) is 0 Å². The van der Waals surface area contributed by atoms with Gasteiger partial charge in [-0.1, -0.05) is 27.5 Å². The summed E-state index contributed by atoms with van der Waals surface area (Å²) in [6.45, 7) is -0.379. The maximum atomic E-state index is 11.9. The Morgan fingerprint density at radius 1 is 1.39 bits per heavy atom. The molecule has 12 heteroatoms. The second-order valence-electron chi connectivity index (χ2n) is 5.12. The predicted molar refractivity (Wildman–Crippen MR) is 109 cm³/mol. The lowest BCUT2D eigenvalue weighted by Gasteiger charge is -2.12. The van der Waals surface area contributed by atoms with E-state index in [1.165, 1.54) is 13.2 Å². The van der Waals surface area contributed by atoms with Gasteiger partial charge in [-0.15, -0.1) is 0 Å². The average Bonchev–Trinajstić information content (AvgIpc) is 2.62. The van der Waals surface area contributed by atoms with Gasteiger partial charge in [0.15, 0.2) is 18.1 Å². The van der Waals surface area contributed by atoms with Crippen molar-refractivity contribution in [3.63, 3.8) is 0 Å². The molecule has 0 aliphatic carbocycles. The van der Waals surface area contributed by atoms with E-state index in [0.29, 0.717) is 16.0 Å². The maximum Gasteiger partial charge on any atom is 0.312 e. The zero-order valence-corrected chi connectivity index (χ0v) is 18.0. The number of aromatic hydroxyl groups is 1. The van der Waals surface area contributed by atoms with Gasteiger partial charge in [0.05, 0.1) is 22.7 Å². The number of ether oxygens (including phenoxy) is 2. The van der Waals surface area contributed by atoms with Crippen LogP contribution in [0.15, 0.2) is 38.3 Å². The maximum absolute atomic E-state index is 11.9. The summed E-state index contributed by atoms with van der Waals surface area (Å²) in [5, 5.41) is 24.4. The Hall–Kier alpha value is -2.37. The second-order valence-corrected chi connectivity index (χ2v) is 7.33. The molecule has 0 saturated carbocycles. The van der Waals surface area contributed by atoms with Crippen LogP contribution in [0.1, 0.15) is 5.56 Å². The first-order chi connectivity index (χ1) is 13.2. The first-order valence-corrected chi connectivity index (χ1v) is 9.34. The molecule has 0 bridgehead atoms. The van der Waals surface area contributed by atoms with Gasteiger partial charge >= 0.3 is 5.69 Å². The van der Waals surface area contributed by atoms with Crippen molar-refractivity contribution >= 4 is 61.3 Å². The number of nitrogens with one attached hydrogen (secondary N) is 1. The van der Waals surface area contributed by atoms with E-state index in [4.69, 9.17) is 21.1 Å². The highest BCUT2D eigenvalue weighted by Crippen LogP contribution is 2.38. The van der Waals surface area contributed by atoms with Crippen LogP contribution in [0.3, 0.4) is 0 Å². The summed E-state index contributed by atoms with van der Waals surface area (Å²) in [5.74, 6) is -0.488. The molecule has 2 N–H and O–H groups in total. The van der Waals surface area contributed by atoms with Crippen molar-refractivity contribution in [3.05, 3.63) is 53.9 Å². The van der Waals surface area contributed by atoms with E-state index in [-0.39, 0.29) is 17.2 Å². The number of carbonyl (C=O) groups excluding carboxylic acids is 1. The zero-order chi connectivity index (χ0) is 20.8. The molecule has 148 valence electrons. The molecule has 0 aliphatic rings. The third kappa shape index (κ3) is 5.57. The van der Waals surface area contributed by atoms with E-state index in [9.17, 15) is 20.0 Å². The molecule has 0 aliphatic heterocycles. The minimum absolute atomic E-state index is 0.0299. The quantitative estimate of drug-likeness (QED) is 0.313. The smallest absolute Gasteiger partial charge is 0.312 e. The Labute approximate surface area is 180 Å². The third-order valence-electron chi connectivity index (χ3n) is 3.22. The molecule has 1 amide bonds. The second kappa shape index (κ2) is 9.71. The predicted octanol–water partition coefficient (Wildman–Crippen LogP) is 4.02. The first-order valence-electron chi connectivity index (χ1n) is 7.37.